The molecule has 6 nitrogen and oxygen atoms in total. The first-order valence-corrected chi connectivity index (χ1v) is 5.62. The number of carbonyl (C=O) groups is 1. The predicted octanol–water partition coefficient (Wildman–Crippen LogP) is 1.63. The van der Waals surface area contributed by atoms with Crippen molar-refractivity contribution in [1.29, 1.82) is 0 Å². The Morgan fingerprint density at radius 1 is 1.21 bits per heavy atom. The van der Waals surface area contributed by atoms with E-state index in [1.165, 1.54) is 0 Å². The van der Waals surface area contributed by atoms with Crippen LogP contribution in [0.1, 0.15) is 10.5 Å². The van der Waals surface area contributed by atoms with Gasteiger partial charge in [0.25, 0.3) is 5.91 Å². The number of pyridine rings is 1. The van der Waals surface area contributed by atoms with Crippen LogP contribution in [0.2, 0.25) is 0 Å². The Morgan fingerprint density at radius 3 is 2.74 bits per heavy atom. The van der Waals surface area contributed by atoms with E-state index in [1.807, 2.05) is 12.1 Å². The number of nitrogens with two attached hydrogens (primary N) is 1. The quantitative estimate of drug-likeness (QED) is 0.573. The number of amides is 1. The lowest BCUT2D eigenvalue weighted by Gasteiger charge is -2.09. The SMILES string of the molecule is COc1ccccc1NC(=O)c1cccc(NN)n1. The molecular weight excluding hydrogens is 244 g/mol. The molecule has 0 saturated carbocycles. The van der Waals surface area contributed by atoms with E-state index in [-0.39, 0.29) is 11.6 Å². The lowest BCUT2D eigenvalue weighted by molar-refractivity contribution is 0.102. The molecular formula is C13H14N4O2. The minimum Gasteiger partial charge on any atom is -0.495 e. The zero-order valence-electron chi connectivity index (χ0n) is 10.4. The molecule has 1 aromatic carbocycles. The third kappa shape index (κ3) is 2.99. The summed E-state index contributed by atoms with van der Waals surface area (Å²) in [5.74, 6) is 5.93. The fourth-order valence-corrected chi connectivity index (χ4v) is 1.58. The van der Waals surface area contributed by atoms with Gasteiger partial charge in [-0.15, -0.1) is 0 Å². The van der Waals surface area contributed by atoms with E-state index in [1.54, 1.807) is 37.4 Å². The molecule has 0 bridgehead atoms. The van der Waals surface area contributed by atoms with E-state index >= 15 is 0 Å². The van der Waals surface area contributed by atoms with Crippen LogP contribution >= 0.6 is 0 Å². The fourth-order valence-electron chi connectivity index (χ4n) is 1.58. The third-order valence-electron chi connectivity index (χ3n) is 2.48. The highest BCUT2D eigenvalue weighted by Crippen LogP contribution is 2.23. The van der Waals surface area contributed by atoms with Gasteiger partial charge in [0.1, 0.15) is 17.3 Å². The summed E-state index contributed by atoms with van der Waals surface area (Å²) in [5, 5.41) is 2.73. The van der Waals surface area contributed by atoms with Gasteiger partial charge in [-0.1, -0.05) is 18.2 Å². The fraction of sp³-hybridized carbons (Fsp3) is 0.0769. The second-order valence-electron chi connectivity index (χ2n) is 3.71. The summed E-state index contributed by atoms with van der Waals surface area (Å²) in [6.45, 7) is 0. The molecule has 0 spiro atoms. The zero-order chi connectivity index (χ0) is 13.7. The lowest BCUT2D eigenvalue weighted by Crippen LogP contribution is -2.16. The second kappa shape index (κ2) is 5.83. The first-order chi connectivity index (χ1) is 9.24. The van der Waals surface area contributed by atoms with Crippen molar-refractivity contribution >= 4 is 17.4 Å². The van der Waals surface area contributed by atoms with Gasteiger partial charge in [-0.25, -0.2) is 10.8 Å². The van der Waals surface area contributed by atoms with Crippen LogP contribution in [0, 0.1) is 0 Å². The Labute approximate surface area is 110 Å². The number of nitrogens with zero attached hydrogens (tertiary/aromatic N) is 1. The van der Waals surface area contributed by atoms with Gasteiger partial charge in [0.2, 0.25) is 0 Å². The molecule has 19 heavy (non-hydrogen) atoms. The van der Waals surface area contributed by atoms with E-state index < -0.39 is 0 Å². The number of hydrogen-bond acceptors (Lipinski definition) is 5. The average Bonchev–Trinajstić information content (AvgIpc) is 2.47. The van der Waals surface area contributed by atoms with Gasteiger partial charge in [0.15, 0.2) is 0 Å². The maximum Gasteiger partial charge on any atom is 0.274 e. The van der Waals surface area contributed by atoms with Crippen LogP contribution in [0.4, 0.5) is 11.5 Å². The van der Waals surface area contributed by atoms with Crippen LogP contribution < -0.4 is 21.3 Å². The third-order valence-corrected chi connectivity index (χ3v) is 2.48. The Balaban J connectivity index is 2.20. The van der Waals surface area contributed by atoms with E-state index in [4.69, 9.17) is 10.6 Å². The van der Waals surface area contributed by atoms with Gasteiger partial charge in [0.05, 0.1) is 12.8 Å². The predicted molar refractivity (Wildman–Crippen MR) is 73.0 cm³/mol. The van der Waals surface area contributed by atoms with E-state index in [0.29, 0.717) is 17.3 Å². The summed E-state index contributed by atoms with van der Waals surface area (Å²) in [6.07, 6.45) is 0. The second-order valence-corrected chi connectivity index (χ2v) is 3.71. The smallest absolute Gasteiger partial charge is 0.274 e. The number of ether oxygens (including phenoxy) is 1. The van der Waals surface area contributed by atoms with Crippen LogP contribution in [0.25, 0.3) is 0 Å². The molecule has 0 atom stereocenters. The van der Waals surface area contributed by atoms with Crippen LogP contribution in [-0.2, 0) is 0 Å². The summed E-state index contributed by atoms with van der Waals surface area (Å²) in [5.41, 5.74) is 3.24. The number of nitrogen functional groups attached to an aromatic ring is 1. The maximum atomic E-state index is 12.1. The van der Waals surface area contributed by atoms with Crippen LogP contribution in [-0.4, -0.2) is 18.0 Å². The number of rotatable bonds is 4. The van der Waals surface area contributed by atoms with Crippen molar-refractivity contribution in [2.75, 3.05) is 17.9 Å². The van der Waals surface area contributed by atoms with Crippen LogP contribution in [0.3, 0.4) is 0 Å². The molecule has 0 radical (unpaired) electrons. The van der Waals surface area contributed by atoms with Crippen molar-refractivity contribution in [2.45, 2.75) is 0 Å². The molecule has 0 aliphatic carbocycles. The van der Waals surface area contributed by atoms with E-state index in [0.717, 1.165) is 0 Å². The van der Waals surface area contributed by atoms with Crippen molar-refractivity contribution < 1.29 is 9.53 Å². The first kappa shape index (κ1) is 12.8. The number of para-hydroxylation sites is 2. The van der Waals surface area contributed by atoms with Gasteiger partial charge < -0.3 is 15.5 Å². The molecule has 2 aromatic rings. The number of aromatic nitrogens is 1. The summed E-state index contributed by atoms with van der Waals surface area (Å²) in [7, 11) is 1.54. The largest absolute Gasteiger partial charge is 0.495 e. The number of hydrogen-bond donors (Lipinski definition) is 3. The minimum absolute atomic E-state index is 0.265. The van der Waals surface area contributed by atoms with Crippen molar-refractivity contribution in [3.63, 3.8) is 0 Å². The molecule has 0 saturated heterocycles. The minimum atomic E-state index is -0.332. The normalized spacial score (nSPS) is 9.79. The van der Waals surface area contributed by atoms with Crippen molar-refractivity contribution in [3.8, 4) is 5.75 Å². The molecule has 1 aromatic heterocycles. The lowest BCUT2D eigenvalue weighted by atomic mass is 10.2. The zero-order valence-corrected chi connectivity index (χ0v) is 10.4. The van der Waals surface area contributed by atoms with Gasteiger partial charge in [-0.3, -0.25) is 4.79 Å². The van der Waals surface area contributed by atoms with Crippen molar-refractivity contribution in [3.05, 3.63) is 48.2 Å². The highest BCUT2D eigenvalue weighted by molar-refractivity contribution is 6.03. The standard InChI is InChI=1S/C13H14N4O2/c1-19-11-7-3-2-5-9(11)16-13(18)10-6-4-8-12(15-10)17-14/h2-8H,14H2,1H3,(H,15,17)(H,16,18). The van der Waals surface area contributed by atoms with Crippen molar-refractivity contribution in [1.82, 2.24) is 4.98 Å². The number of nitrogens with one attached hydrogen (secondary N) is 2. The number of carbonyl (C=O) groups excluding carboxylic acids is 1. The summed E-state index contributed by atoms with van der Waals surface area (Å²) in [4.78, 5) is 16.1. The van der Waals surface area contributed by atoms with E-state index in [2.05, 4.69) is 15.7 Å². The van der Waals surface area contributed by atoms with E-state index in [9.17, 15) is 4.79 Å². The highest BCUT2D eigenvalue weighted by Gasteiger charge is 2.10. The summed E-state index contributed by atoms with van der Waals surface area (Å²) in [6, 6.07) is 12.1. The number of hydrazine groups is 1. The Hall–Kier alpha value is -2.60. The summed E-state index contributed by atoms with van der Waals surface area (Å²) >= 11 is 0. The molecule has 6 heteroatoms. The monoisotopic (exact) mass is 258 g/mol. The summed E-state index contributed by atoms with van der Waals surface area (Å²) < 4.78 is 5.16. The van der Waals surface area contributed by atoms with Gasteiger partial charge in [-0.05, 0) is 24.3 Å². The molecule has 0 aliphatic heterocycles. The molecule has 0 fully saturated rings. The number of methoxy groups -OCH3 is 1. The highest BCUT2D eigenvalue weighted by atomic mass is 16.5. The maximum absolute atomic E-state index is 12.1. The molecule has 2 rings (SSSR count). The Morgan fingerprint density at radius 2 is 2.00 bits per heavy atom. The van der Waals surface area contributed by atoms with Crippen molar-refractivity contribution in [2.24, 2.45) is 5.84 Å². The average molecular weight is 258 g/mol. The van der Waals surface area contributed by atoms with Crippen LogP contribution in [0.15, 0.2) is 42.5 Å². The molecule has 1 amide bonds. The molecule has 1 heterocycles. The molecule has 0 aliphatic rings. The molecule has 98 valence electrons. The number of anilines is 2. The van der Waals surface area contributed by atoms with Crippen LogP contribution in [0.5, 0.6) is 5.75 Å². The van der Waals surface area contributed by atoms with Gasteiger partial charge in [0, 0.05) is 0 Å². The number of benzene rings is 1. The van der Waals surface area contributed by atoms with Gasteiger partial charge in [-0.2, -0.15) is 0 Å². The molecule has 4 N–H and O–H groups in total. The molecule has 0 unspecified atom stereocenters. The first-order valence-electron chi connectivity index (χ1n) is 5.62. The topological polar surface area (TPSA) is 89.3 Å². The van der Waals surface area contributed by atoms with Gasteiger partial charge >= 0.3 is 0 Å². The Kier molecular flexibility index (Phi) is 3.94. The Bertz CT molecular complexity index is 586.